The van der Waals surface area contributed by atoms with Crippen LogP contribution in [0.3, 0.4) is 0 Å². The van der Waals surface area contributed by atoms with Crippen molar-refractivity contribution in [1.29, 1.82) is 0 Å². The van der Waals surface area contributed by atoms with Crippen molar-refractivity contribution in [2.24, 2.45) is 5.73 Å². The predicted octanol–water partition coefficient (Wildman–Crippen LogP) is 2.36. The van der Waals surface area contributed by atoms with Crippen molar-refractivity contribution in [3.63, 3.8) is 0 Å². The lowest BCUT2D eigenvalue weighted by atomic mass is 10.0. The molecule has 0 spiro atoms. The first-order valence-corrected chi connectivity index (χ1v) is 10.8. The van der Waals surface area contributed by atoms with Crippen molar-refractivity contribution in [1.82, 2.24) is 19.8 Å². The van der Waals surface area contributed by atoms with E-state index in [1.54, 1.807) is 0 Å². The fourth-order valence-electron chi connectivity index (χ4n) is 4.18. The average Bonchev–Trinajstić information content (AvgIpc) is 3.33. The Labute approximate surface area is 207 Å². The smallest absolute Gasteiger partial charge is 0.433 e. The van der Waals surface area contributed by atoms with Crippen LogP contribution in [-0.4, -0.2) is 68.0 Å². The summed E-state index contributed by atoms with van der Waals surface area (Å²) in [5.41, 5.74) is 4.69. The quantitative estimate of drug-likeness (QED) is 0.559. The minimum atomic E-state index is -4.74. The Morgan fingerprint density at radius 1 is 1.31 bits per heavy atom. The number of halogens is 6. The van der Waals surface area contributed by atoms with E-state index < -0.39 is 61.3 Å². The molecule has 1 saturated heterocycles. The van der Waals surface area contributed by atoms with Crippen LogP contribution in [0.25, 0.3) is 11.6 Å². The Kier molecular flexibility index (Phi) is 7.91. The molecule has 2 aromatic heterocycles. The number of fused-ring (bicyclic) bond motifs is 1. The number of hydrogen-bond donors (Lipinski definition) is 2. The molecule has 0 saturated carbocycles. The third kappa shape index (κ3) is 5.60. The molecule has 15 heteroatoms. The highest BCUT2D eigenvalue weighted by Gasteiger charge is 2.48. The third-order valence-corrected chi connectivity index (χ3v) is 5.96. The minimum Gasteiger partial charge on any atom is -0.461 e. The summed E-state index contributed by atoms with van der Waals surface area (Å²) in [6.45, 7) is -0.785. The van der Waals surface area contributed by atoms with Gasteiger partial charge in [-0.05, 0) is 18.6 Å². The molecule has 198 valence electrons. The lowest BCUT2D eigenvalue weighted by Crippen LogP contribution is -2.58. The highest BCUT2D eigenvalue weighted by atomic mass is 35.5. The number of aliphatic hydroxyl groups is 1. The fourth-order valence-corrected chi connectivity index (χ4v) is 4.18. The maximum absolute atomic E-state index is 13.8. The molecule has 0 radical (unpaired) electrons. The summed E-state index contributed by atoms with van der Waals surface area (Å²) in [5.74, 6) is -4.99. The van der Waals surface area contributed by atoms with E-state index in [0.717, 1.165) is 0 Å². The van der Waals surface area contributed by atoms with E-state index in [0.29, 0.717) is 4.90 Å². The highest BCUT2D eigenvalue weighted by molar-refractivity contribution is 5.85. The van der Waals surface area contributed by atoms with Gasteiger partial charge in [-0.15, -0.1) is 12.4 Å². The number of carbonyl (C=O) groups is 2. The third-order valence-electron chi connectivity index (χ3n) is 5.96. The van der Waals surface area contributed by atoms with Gasteiger partial charge >= 0.3 is 6.18 Å². The predicted molar refractivity (Wildman–Crippen MR) is 116 cm³/mol. The first kappa shape index (κ1) is 27.7. The van der Waals surface area contributed by atoms with Crippen molar-refractivity contribution in [3.05, 3.63) is 35.3 Å². The molecule has 36 heavy (non-hydrogen) atoms. The van der Waals surface area contributed by atoms with E-state index in [4.69, 9.17) is 10.2 Å². The van der Waals surface area contributed by atoms with Gasteiger partial charge in [-0.25, -0.2) is 18.7 Å². The number of nitrogens with two attached hydrogens (primary N) is 1. The molecule has 1 fully saturated rings. The largest absolute Gasteiger partial charge is 0.461 e. The lowest BCUT2D eigenvalue weighted by molar-refractivity contribution is -0.205. The van der Waals surface area contributed by atoms with Crippen LogP contribution in [-0.2, 0) is 28.7 Å². The number of likely N-dealkylation sites (tertiary alicyclic amines) is 1. The van der Waals surface area contributed by atoms with Gasteiger partial charge in [0.1, 0.15) is 0 Å². The van der Waals surface area contributed by atoms with Gasteiger partial charge < -0.3 is 25.1 Å². The van der Waals surface area contributed by atoms with E-state index in [1.165, 1.54) is 23.3 Å². The monoisotopic (exact) mass is 539 g/mol. The maximum atomic E-state index is 13.8. The topological polar surface area (TPSA) is 126 Å². The molecule has 9 nitrogen and oxygen atoms in total. The van der Waals surface area contributed by atoms with Crippen molar-refractivity contribution >= 4 is 24.2 Å². The van der Waals surface area contributed by atoms with E-state index in [1.807, 2.05) is 0 Å². The zero-order chi connectivity index (χ0) is 25.5. The van der Waals surface area contributed by atoms with Gasteiger partial charge in [-0.3, -0.25) is 9.59 Å². The number of amides is 2. The standard InChI is InChI=1S/C21H22F5N5O4.ClH/c22-20(23)5-3-15(32)31(19(20)34)9-11(27)8-16(33)30-6-4-12-13(10-30)28-18(14-2-1-7-35-14)29-17(12)21(24,25)26;/h1-2,7,11,19,34H,3-6,8-10,27H2;1H/t11-,19+;/m0./s1. The van der Waals surface area contributed by atoms with Crippen LogP contribution < -0.4 is 5.73 Å². The average molecular weight is 540 g/mol. The number of nitrogens with zero attached hydrogens (tertiary/aromatic N) is 4. The Morgan fingerprint density at radius 3 is 2.67 bits per heavy atom. The van der Waals surface area contributed by atoms with Crippen LogP contribution in [0.5, 0.6) is 0 Å². The number of aliphatic hydroxyl groups excluding tert-OH is 1. The fraction of sp³-hybridized carbons (Fsp3) is 0.524. The molecule has 4 rings (SSSR count). The van der Waals surface area contributed by atoms with E-state index in [-0.39, 0.29) is 61.2 Å². The summed E-state index contributed by atoms with van der Waals surface area (Å²) in [6.07, 6.45) is -7.60. The zero-order valence-corrected chi connectivity index (χ0v) is 19.5. The van der Waals surface area contributed by atoms with Gasteiger partial charge in [0.15, 0.2) is 23.5 Å². The number of piperidine rings is 1. The van der Waals surface area contributed by atoms with Crippen LogP contribution in [0.4, 0.5) is 22.0 Å². The Morgan fingerprint density at radius 2 is 2.03 bits per heavy atom. The second kappa shape index (κ2) is 10.3. The SMILES string of the molecule is Cl.N[C@@H](CC(=O)N1CCc2c(nc(-c3ccco3)nc2C(F)(F)F)C1)CN1C(=O)CCC(F)(F)[C@H]1O. The van der Waals surface area contributed by atoms with Crippen molar-refractivity contribution < 1.29 is 41.1 Å². The molecule has 3 N–H and O–H groups in total. The molecule has 2 amide bonds. The number of hydrogen-bond acceptors (Lipinski definition) is 7. The van der Waals surface area contributed by atoms with E-state index >= 15 is 0 Å². The van der Waals surface area contributed by atoms with Crippen molar-refractivity contribution in [2.45, 2.75) is 56.6 Å². The highest BCUT2D eigenvalue weighted by Crippen LogP contribution is 2.36. The number of furan rings is 1. The van der Waals surface area contributed by atoms with Gasteiger partial charge in [0, 0.05) is 44.0 Å². The molecular formula is C21H23ClF5N5O4. The van der Waals surface area contributed by atoms with Crippen LogP contribution in [0, 0.1) is 0 Å². The number of alkyl halides is 5. The number of rotatable bonds is 5. The molecule has 0 unspecified atom stereocenters. The van der Waals surface area contributed by atoms with Crippen LogP contribution >= 0.6 is 12.4 Å². The zero-order valence-electron chi connectivity index (χ0n) is 18.7. The van der Waals surface area contributed by atoms with E-state index in [2.05, 4.69) is 9.97 Å². The summed E-state index contributed by atoms with van der Waals surface area (Å²) < 4.78 is 73.6. The Balaban J connectivity index is 0.00000361. The summed E-state index contributed by atoms with van der Waals surface area (Å²) in [6, 6.07) is 1.81. The molecule has 4 heterocycles. The van der Waals surface area contributed by atoms with Gasteiger partial charge in [-0.2, -0.15) is 13.2 Å². The van der Waals surface area contributed by atoms with Crippen LogP contribution in [0.2, 0.25) is 0 Å². The van der Waals surface area contributed by atoms with Gasteiger partial charge in [-0.1, -0.05) is 0 Å². The first-order valence-electron chi connectivity index (χ1n) is 10.8. The Bertz CT molecular complexity index is 1110. The van der Waals surface area contributed by atoms with Crippen molar-refractivity contribution in [3.8, 4) is 11.6 Å². The molecule has 0 aliphatic carbocycles. The molecule has 2 atom stereocenters. The summed E-state index contributed by atoms with van der Waals surface area (Å²) in [5, 5.41) is 9.79. The molecular weight excluding hydrogens is 517 g/mol. The lowest BCUT2D eigenvalue weighted by Gasteiger charge is -2.38. The molecule has 0 bridgehead atoms. The maximum Gasteiger partial charge on any atom is 0.433 e. The molecule has 2 aliphatic rings. The summed E-state index contributed by atoms with van der Waals surface area (Å²) >= 11 is 0. The van der Waals surface area contributed by atoms with E-state index in [9.17, 15) is 36.6 Å². The first-order chi connectivity index (χ1) is 16.4. The van der Waals surface area contributed by atoms with Crippen molar-refractivity contribution in [2.75, 3.05) is 13.1 Å². The minimum absolute atomic E-state index is 0. The van der Waals surface area contributed by atoms with Gasteiger partial charge in [0.2, 0.25) is 11.8 Å². The van der Waals surface area contributed by atoms with Crippen LogP contribution in [0.1, 0.15) is 36.2 Å². The van der Waals surface area contributed by atoms with Gasteiger partial charge in [0.05, 0.1) is 18.5 Å². The second-order valence-corrected chi connectivity index (χ2v) is 8.51. The number of aromatic nitrogens is 2. The molecule has 0 aromatic carbocycles. The number of carbonyl (C=O) groups excluding carboxylic acids is 2. The van der Waals surface area contributed by atoms with Crippen LogP contribution in [0.15, 0.2) is 22.8 Å². The Hall–Kier alpha value is -2.84. The summed E-state index contributed by atoms with van der Waals surface area (Å²) in [7, 11) is 0. The van der Waals surface area contributed by atoms with Gasteiger partial charge in [0.25, 0.3) is 5.92 Å². The summed E-state index contributed by atoms with van der Waals surface area (Å²) in [4.78, 5) is 34.4. The molecule has 2 aliphatic heterocycles. The molecule has 2 aromatic rings. The second-order valence-electron chi connectivity index (χ2n) is 8.51. The normalized spacial score (nSPS) is 20.5.